The van der Waals surface area contributed by atoms with Crippen LogP contribution in [-0.4, -0.2) is 38.7 Å². The van der Waals surface area contributed by atoms with Crippen molar-refractivity contribution in [3.05, 3.63) is 47.0 Å². The van der Waals surface area contributed by atoms with Crippen molar-refractivity contribution in [1.29, 1.82) is 0 Å². The van der Waals surface area contributed by atoms with Gasteiger partial charge < -0.3 is 4.90 Å². The molecule has 5 nitrogen and oxygen atoms in total. The van der Waals surface area contributed by atoms with Crippen LogP contribution in [-0.2, 0) is 25.8 Å². The molecule has 2 aliphatic rings. The fourth-order valence-corrected chi connectivity index (χ4v) is 4.96. The van der Waals surface area contributed by atoms with Crippen LogP contribution in [0, 0.1) is 5.92 Å². The fourth-order valence-electron chi connectivity index (χ4n) is 4.96. The van der Waals surface area contributed by atoms with Crippen LogP contribution in [0.4, 0.5) is 0 Å². The average Bonchev–Trinajstić information content (AvgIpc) is 3.13. The van der Waals surface area contributed by atoms with Crippen molar-refractivity contribution in [1.82, 2.24) is 19.7 Å². The van der Waals surface area contributed by atoms with Crippen molar-refractivity contribution in [2.75, 3.05) is 13.1 Å². The van der Waals surface area contributed by atoms with E-state index >= 15 is 0 Å². The molecule has 5 heteroatoms. The van der Waals surface area contributed by atoms with Gasteiger partial charge in [0.15, 0.2) is 5.69 Å². The Morgan fingerprint density at radius 3 is 2.86 bits per heavy atom. The summed E-state index contributed by atoms with van der Waals surface area (Å²) in [6, 6.07) is 4.18. The Morgan fingerprint density at radius 1 is 1.24 bits per heavy atom. The Balaban J connectivity index is 1.45. The molecular weight excluding hydrogens is 360 g/mol. The van der Waals surface area contributed by atoms with Crippen LogP contribution >= 0.6 is 0 Å². The number of hydrogen-bond acceptors (Lipinski definition) is 3. The largest absolute Gasteiger partial charge is 0.337 e. The summed E-state index contributed by atoms with van der Waals surface area (Å²) >= 11 is 0. The zero-order valence-electron chi connectivity index (χ0n) is 17.8. The number of fused-ring (bicyclic) bond motifs is 1. The molecule has 0 radical (unpaired) electrons. The summed E-state index contributed by atoms with van der Waals surface area (Å²) in [6.45, 7) is 4.89. The second-order valence-corrected chi connectivity index (χ2v) is 8.71. The lowest BCUT2D eigenvalue weighted by atomic mass is 9.83. The molecule has 156 valence electrons. The van der Waals surface area contributed by atoms with Gasteiger partial charge in [-0.3, -0.25) is 14.5 Å². The van der Waals surface area contributed by atoms with E-state index in [-0.39, 0.29) is 5.91 Å². The third-order valence-corrected chi connectivity index (χ3v) is 6.53. The van der Waals surface area contributed by atoms with E-state index < -0.39 is 0 Å². The Morgan fingerprint density at radius 2 is 2.10 bits per heavy atom. The second-order valence-electron chi connectivity index (χ2n) is 8.71. The van der Waals surface area contributed by atoms with E-state index in [2.05, 4.69) is 22.7 Å². The molecule has 4 rings (SSSR count). The Bertz CT molecular complexity index is 808. The number of likely N-dealkylation sites (tertiary alicyclic amines) is 1. The lowest BCUT2D eigenvalue weighted by Crippen LogP contribution is -2.36. The molecule has 0 aromatic carbocycles. The standard InChI is InChI=1S/C24H34N4O/c1-2-14-28-22-12-11-19(8-6-9-20-10-7-13-25-18-20)17-21(22)23(26-28)24(29)27-15-4-3-5-16-27/h7,10,13,18-19H,2-6,8-9,11-12,14-17H2,1H3. The van der Waals surface area contributed by atoms with E-state index in [4.69, 9.17) is 5.10 Å². The van der Waals surface area contributed by atoms with Gasteiger partial charge in [-0.05, 0) is 81.8 Å². The summed E-state index contributed by atoms with van der Waals surface area (Å²) in [7, 11) is 0. The number of hydrogen-bond donors (Lipinski definition) is 0. The van der Waals surface area contributed by atoms with Crippen molar-refractivity contribution < 1.29 is 4.79 Å². The third kappa shape index (κ3) is 4.71. The molecule has 29 heavy (non-hydrogen) atoms. The van der Waals surface area contributed by atoms with E-state index in [1.165, 1.54) is 42.5 Å². The summed E-state index contributed by atoms with van der Waals surface area (Å²) in [5.41, 5.74) is 4.66. The van der Waals surface area contributed by atoms with Crippen molar-refractivity contribution >= 4 is 5.91 Å². The minimum Gasteiger partial charge on any atom is -0.337 e. The van der Waals surface area contributed by atoms with Crippen molar-refractivity contribution in [2.45, 2.75) is 77.7 Å². The summed E-state index contributed by atoms with van der Waals surface area (Å²) < 4.78 is 2.14. The summed E-state index contributed by atoms with van der Waals surface area (Å²) in [6.07, 6.45) is 15.1. The van der Waals surface area contributed by atoms with Crippen LogP contribution in [0.2, 0.25) is 0 Å². The first kappa shape index (κ1) is 20.1. The van der Waals surface area contributed by atoms with Gasteiger partial charge in [0.1, 0.15) is 0 Å². The van der Waals surface area contributed by atoms with Crippen molar-refractivity contribution in [2.24, 2.45) is 5.92 Å². The molecular formula is C24H34N4O. The van der Waals surface area contributed by atoms with Crippen LogP contribution in [0.15, 0.2) is 24.5 Å². The van der Waals surface area contributed by atoms with Gasteiger partial charge in [0.05, 0.1) is 0 Å². The highest BCUT2D eigenvalue weighted by atomic mass is 16.2. The van der Waals surface area contributed by atoms with Gasteiger partial charge in [0.2, 0.25) is 0 Å². The third-order valence-electron chi connectivity index (χ3n) is 6.53. The number of carbonyl (C=O) groups is 1. The Labute approximate surface area is 174 Å². The van der Waals surface area contributed by atoms with Gasteiger partial charge in [0.25, 0.3) is 5.91 Å². The minimum absolute atomic E-state index is 0.173. The summed E-state index contributed by atoms with van der Waals surface area (Å²) in [5.74, 6) is 0.832. The van der Waals surface area contributed by atoms with Gasteiger partial charge in [-0.15, -0.1) is 0 Å². The number of aryl methyl sites for hydroxylation is 2. The maximum absolute atomic E-state index is 13.2. The van der Waals surface area contributed by atoms with Gasteiger partial charge in [-0.2, -0.15) is 5.10 Å². The number of rotatable bonds is 7. The van der Waals surface area contributed by atoms with E-state index in [0.717, 1.165) is 63.9 Å². The molecule has 0 bridgehead atoms. The minimum atomic E-state index is 0.173. The normalized spacial score (nSPS) is 19.2. The molecule has 1 amide bonds. The zero-order chi connectivity index (χ0) is 20.1. The average molecular weight is 395 g/mol. The van der Waals surface area contributed by atoms with Crippen molar-refractivity contribution in [3.8, 4) is 0 Å². The molecule has 1 atom stereocenters. The lowest BCUT2D eigenvalue weighted by Gasteiger charge is -2.27. The van der Waals surface area contributed by atoms with Crippen LogP contribution < -0.4 is 0 Å². The SMILES string of the molecule is CCCn1nc(C(=O)N2CCCCC2)c2c1CCC(CCCc1cccnc1)C2. The molecule has 0 spiro atoms. The number of pyridine rings is 1. The van der Waals surface area contributed by atoms with Crippen LogP contribution in [0.25, 0.3) is 0 Å². The lowest BCUT2D eigenvalue weighted by molar-refractivity contribution is 0.0716. The van der Waals surface area contributed by atoms with Crippen molar-refractivity contribution in [3.63, 3.8) is 0 Å². The Hall–Kier alpha value is -2.17. The molecule has 1 saturated heterocycles. The van der Waals surface area contributed by atoms with Gasteiger partial charge in [0, 0.05) is 43.3 Å². The van der Waals surface area contributed by atoms with Crippen LogP contribution in [0.5, 0.6) is 0 Å². The highest BCUT2D eigenvalue weighted by Gasteiger charge is 2.31. The summed E-state index contributed by atoms with van der Waals surface area (Å²) in [4.78, 5) is 19.5. The molecule has 1 unspecified atom stereocenters. The van der Waals surface area contributed by atoms with E-state index in [9.17, 15) is 4.79 Å². The number of amides is 1. The molecule has 1 aliphatic carbocycles. The van der Waals surface area contributed by atoms with Crippen LogP contribution in [0.1, 0.15) is 79.2 Å². The molecule has 2 aromatic heterocycles. The fraction of sp³-hybridized carbons (Fsp3) is 0.625. The molecule has 0 saturated carbocycles. The van der Waals surface area contributed by atoms with Gasteiger partial charge in [-0.25, -0.2) is 0 Å². The first-order valence-corrected chi connectivity index (χ1v) is 11.5. The van der Waals surface area contributed by atoms with Gasteiger partial charge >= 0.3 is 0 Å². The first-order chi connectivity index (χ1) is 14.3. The Kier molecular flexibility index (Phi) is 6.63. The molecule has 0 N–H and O–H groups in total. The second kappa shape index (κ2) is 9.55. The number of aromatic nitrogens is 3. The maximum Gasteiger partial charge on any atom is 0.274 e. The quantitative estimate of drug-likeness (QED) is 0.697. The smallest absolute Gasteiger partial charge is 0.274 e. The maximum atomic E-state index is 13.2. The molecule has 1 aliphatic heterocycles. The predicted molar refractivity (Wildman–Crippen MR) is 115 cm³/mol. The predicted octanol–water partition coefficient (Wildman–Crippen LogP) is 4.44. The number of piperidine rings is 1. The highest BCUT2D eigenvalue weighted by molar-refractivity contribution is 5.94. The molecule has 3 heterocycles. The molecule has 2 aromatic rings. The topological polar surface area (TPSA) is 51.0 Å². The zero-order valence-corrected chi connectivity index (χ0v) is 17.8. The van der Waals surface area contributed by atoms with E-state index in [1.807, 2.05) is 23.4 Å². The number of carbonyl (C=O) groups excluding carboxylic acids is 1. The van der Waals surface area contributed by atoms with Gasteiger partial charge in [-0.1, -0.05) is 13.0 Å². The van der Waals surface area contributed by atoms with E-state index in [0.29, 0.717) is 5.92 Å². The first-order valence-electron chi connectivity index (χ1n) is 11.5. The number of nitrogens with zero attached hydrogens (tertiary/aromatic N) is 4. The summed E-state index contributed by atoms with van der Waals surface area (Å²) in [5, 5.41) is 4.84. The molecule has 1 fully saturated rings. The van der Waals surface area contributed by atoms with E-state index in [1.54, 1.807) is 0 Å². The monoisotopic (exact) mass is 394 g/mol. The highest BCUT2D eigenvalue weighted by Crippen LogP contribution is 2.32. The van der Waals surface area contributed by atoms with Crippen LogP contribution in [0.3, 0.4) is 0 Å².